The quantitative estimate of drug-likeness (QED) is 0.908. The predicted molar refractivity (Wildman–Crippen MR) is 70.8 cm³/mol. The number of benzene rings is 1. The molecule has 2 unspecified atom stereocenters. The summed E-state index contributed by atoms with van der Waals surface area (Å²) < 4.78 is 22.6. The molecule has 2 aliphatic heterocycles. The van der Waals surface area contributed by atoms with Crippen molar-refractivity contribution in [3.8, 4) is 0 Å². The maximum absolute atomic E-state index is 10.3. The average Bonchev–Trinajstić information content (AvgIpc) is 2.75. The third-order valence-corrected chi connectivity index (χ3v) is 3.52. The molecule has 0 radical (unpaired) electrons. The van der Waals surface area contributed by atoms with Crippen molar-refractivity contribution >= 4 is 0 Å². The molecule has 0 amide bonds. The summed E-state index contributed by atoms with van der Waals surface area (Å²) in [5, 5.41) is 10.3. The van der Waals surface area contributed by atoms with Crippen LogP contribution in [0.1, 0.15) is 19.4 Å². The van der Waals surface area contributed by atoms with Crippen molar-refractivity contribution in [3.63, 3.8) is 0 Å². The van der Waals surface area contributed by atoms with E-state index in [1.165, 1.54) is 0 Å². The van der Waals surface area contributed by atoms with Crippen LogP contribution in [-0.4, -0.2) is 42.1 Å². The van der Waals surface area contributed by atoms with Gasteiger partial charge in [-0.15, -0.1) is 0 Å². The van der Waals surface area contributed by atoms with Gasteiger partial charge in [-0.25, -0.2) is 0 Å². The summed E-state index contributed by atoms with van der Waals surface area (Å²) in [5.41, 5.74) is 1.04. The normalized spacial score (nSPS) is 35.8. The van der Waals surface area contributed by atoms with Gasteiger partial charge in [-0.3, -0.25) is 0 Å². The standard InChI is InChI=1S/C15H20O5/c1-15(2)19-11-9-18-14(12(16)13(11)20-15)17-8-10-6-4-3-5-7-10/h3-7,11-14,16H,8-9H2,1-2H3/t11-,12?,13?,14-/m0/s1. The Morgan fingerprint density at radius 3 is 2.75 bits per heavy atom. The van der Waals surface area contributed by atoms with Gasteiger partial charge in [0.25, 0.3) is 0 Å². The van der Waals surface area contributed by atoms with Gasteiger partial charge in [-0.1, -0.05) is 30.3 Å². The number of fused-ring (bicyclic) bond motifs is 1. The minimum absolute atomic E-state index is 0.239. The van der Waals surface area contributed by atoms with Crippen molar-refractivity contribution in [2.45, 2.75) is 50.8 Å². The lowest BCUT2D eigenvalue weighted by Gasteiger charge is -2.34. The van der Waals surface area contributed by atoms with E-state index in [-0.39, 0.29) is 6.10 Å². The molecule has 5 heteroatoms. The fraction of sp³-hybridized carbons (Fsp3) is 0.600. The van der Waals surface area contributed by atoms with Crippen LogP contribution in [0.3, 0.4) is 0 Å². The molecule has 0 saturated carbocycles. The first-order chi connectivity index (χ1) is 9.55. The third kappa shape index (κ3) is 2.87. The summed E-state index contributed by atoms with van der Waals surface area (Å²) in [7, 11) is 0. The van der Waals surface area contributed by atoms with Crippen molar-refractivity contribution in [1.82, 2.24) is 0 Å². The van der Waals surface area contributed by atoms with Crippen LogP contribution in [0.5, 0.6) is 0 Å². The van der Waals surface area contributed by atoms with E-state index in [0.717, 1.165) is 5.56 Å². The predicted octanol–water partition coefficient (Wildman–Crippen LogP) is 1.44. The van der Waals surface area contributed by atoms with E-state index in [0.29, 0.717) is 13.2 Å². The molecule has 110 valence electrons. The second kappa shape index (κ2) is 5.42. The number of rotatable bonds is 3. The van der Waals surface area contributed by atoms with Crippen LogP contribution < -0.4 is 0 Å². The lowest BCUT2D eigenvalue weighted by atomic mass is 10.1. The van der Waals surface area contributed by atoms with E-state index in [4.69, 9.17) is 18.9 Å². The number of aliphatic hydroxyl groups excluding tert-OH is 1. The van der Waals surface area contributed by atoms with Gasteiger partial charge in [-0.2, -0.15) is 0 Å². The topological polar surface area (TPSA) is 57.2 Å². The maximum atomic E-state index is 10.3. The number of ether oxygens (including phenoxy) is 4. The first-order valence-electron chi connectivity index (χ1n) is 6.86. The molecule has 1 aromatic rings. The fourth-order valence-corrected chi connectivity index (χ4v) is 2.62. The van der Waals surface area contributed by atoms with Gasteiger partial charge in [0.15, 0.2) is 12.1 Å². The molecule has 4 atom stereocenters. The molecule has 2 heterocycles. The Kier molecular flexibility index (Phi) is 3.79. The minimum Gasteiger partial charge on any atom is -0.385 e. The number of hydrogen-bond donors (Lipinski definition) is 1. The average molecular weight is 280 g/mol. The molecule has 2 fully saturated rings. The Hall–Kier alpha value is -0.980. The summed E-state index contributed by atoms with van der Waals surface area (Å²) >= 11 is 0. The van der Waals surface area contributed by atoms with Gasteiger partial charge in [0.05, 0.1) is 13.2 Å². The monoisotopic (exact) mass is 280 g/mol. The Balaban J connectivity index is 1.59. The van der Waals surface area contributed by atoms with Gasteiger partial charge in [-0.05, 0) is 19.4 Å². The Morgan fingerprint density at radius 2 is 2.00 bits per heavy atom. The molecular weight excluding hydrogens is 260 g/mol. The summed E-state index contributed by atoms with van der Waals surface area (Å²) in [4.78, 5) is 0. The zero-order valence-corrected chi connectivity index (χ0v) is 11.7. The lowest BCUT2D eigenvalue weighted by Crippen LogP contribution is -2.52. The van der Waals surface area contributed by atoms with E-state index in [2.05, 4.69) is 0 Å². The van der Waals surface area contributed by atoms with Crippen LogP contribution in [0.25, 0.3) is 0 Å². The molecule has 2 aliphatic rings. The first-order valence-corrected chi connectivity index (χ1v) is 6.86. The lowest BCUT2D eigenvalue weighted by molar-refractivity contribution is -0.255. The van der Waals surface area contributed by atoms with E-state index < -0.39 is 24.3 Å². The van der Waals surface area contributed by atoms with Crippen LogP contribution in [0, 0.1) is 0 Å². The second-order valence-corrected chi connectivity index (χ2v) is 5.63. The summed E-state index contributed by atoms with van der Waals surface area (Å²) in [6.45, 7) is 4.42. The van der Waals surface area contributed by atoms with Crippen LogP contribution in [0.15, 0.2) is 30.3 Å². The highest BCUT2D eigenvalue weighted by molar-refractivity contribution is 5.13. The van der Waals surface area contributed by atoms with E-state index in [1.807, 2.05) is 44.2 Å². The molecule has 1 N–H and O–H groups in total. The van der Waals surface area contributed by atoms with Gasteiger partial charge in [0.2, 0.25) is 0 Å². The number of hydrogen-bond acceptors (Lipinski definition) is 5. The second-order valence-electron chi connectivity index (χ2n) is 5.63. The van der Waals surface area contributed by atoms with Crippen molar-refractivity contribution in [2.24, 2.45) is 0 Å². The van der Waals surface area contributed by atoms with Crippen LogP contribution in [0.2, 0.25) is 0 Å². The zero-order chi connectivity index (χ0) is 14.2. The Morgan fingerprint density at radius 1 is 1.25 bits per heavy atom. The summed E-state index contributed by atoms with van der Waals surface area (Å²) in [5.74, 6) is -0.687. The summed E-state index contributed by atoms with van der Waals surface area (Å²) in [6, 6.07) is 9.78. The van der Waals surface area contributed by atoms with Gasteiger partial charge in [0.1, 0.15) is 18.3 Å². The van der Waals surface area contributed by atoms with E-state index >= 15 is 0 Å². The van der Waals surface area contributed by atoms with Crippen LogP contribution in [-0.2, 0) is 25.6 Å². The number of aliphatic hydroxyl groups is 1. The molecule has 20 heavy (non-hydrogen) atoms. The van der Waals surface area contributed by atoms with Gasteiger partial charge < -0.3 is 24.1 Å². The molecule has 0 spiro atoms. The molecule has 3 rings (SSSR count). The van der Waals surface area contributed by atoms with Gasteiger partial charge in [0, 0.05) is 0 Å². The van der Waals surface area contributed by atoms with Crippen LogP contribution in [0.4, 0.5) is 0 Å². The summed E-state index contributed by atoms with van der Waals surface area (Å²) in [6.07, 6.45) is -2.18. The molecule has 1 aromatic carbocycles. The molecular formula is C15H20O5. The van der Waals surface area contributed by atoms with Crippen LogP contribution >= 0.6 is 0 Å². The first kappa shape index (κ1) is 14.0. The zero-order valence-electron chi connectivity index (χ0n) is 11.7. The molecule has 0 aliphatic carbocycles. The Bertz CT molecular complexity index is 447. The van der Waals surface area contributed by atoms with Crippen molar-refractivity contribution < 1.29 is 24.1 Å². The SMILES string of the molecule is CC1(C)OC2C(O)[C@@H](OCc3ccccc3)OC[C@@H]2O1. The smallest absolute Gasteiger partial charge is 0.186 e. The Labute approximate surface area is 118 Å². The van der Waals surface area contributed by atoms with Crippen molar-refractivity contribution in [2.75, 3.05) is 6.61 Å². The maximum Gasteiger partial charge on any atom is 0.186 e. The van der Waals surface area contributed by atoms with E-state index in [1.54, 1.807) is 0 Å². The highest BCUT2D eigenvalue weighted by Crippen LogP contribution is 2.34. The fourth-order valence-electron chi connectivity index (χ4n) is 2.62. The van der Waals surface area contributed by atoms with E-state index in [9.17, 15) is 5.11 Å². The molecule has 0 aromatic heterocycles. The highest BCUT2D eigenvalue weighted by atomic mass is 16.8. The molecule has 2 saturated heterocycles. The van der Waals surface area contributed by atoms with Gasteiger partial charge >= 0.3 is 0 Å². The third-order valence-electron chi connectivity index (χ3n) is 3.52. The van der Waals surface area contributed by atoms with Crippen molar-refractivity contribution in [3.05, 3.63) is 35.9 Å². The molecule has 0 bridgehead atoms. The van der Waals surface area contributed by atoms with Crippen molar-refractivity contribution in [1.29, 1.82) is 0 Å². The largest absolute Gasteiger partial charge is 0.385 e. The molecule has 5 nitrogen and oxygen atoms in total. The minimum atomic E-state index is -0.848. The highest BCUT2D eigenvalue weighted by Gasteiger charge is 2.50.